The largest absolute Gasteiger partial charge is 0.358 e. The predicted octanol–water partition coefficient (Wildman–Crippen LogP) is 1.35. The van der Waals surface area contributed by atoms with Gasteiger partial charge in [0.05, 0.1) is 5.75 Å². The lowest BCUT2D eigenvalue weighted by Gasteiger charge is -2.25. The number of ketones is 1. The first-order valence-corrected chi connectivity index (χ1v) is 6.95. The van der Waals surface area contributed by atoms with Gasteiger partial charge in [-0.25, -0.2) is 0 Å². The van der Waals surface area contributed by atoms with Gasteiger partial charge in [-0.3, -0.25) is 4.79 Å². The summed E-state index contributed by atoms with van der Waals surface area (Å²) in [7, 11) is 1.97. The van der Waals surface area contributed by atoms with Gasteiger partial charge in [0.15, 0.2) is 0 Å². The van der Waals surface area contributed by atoms with Crippen molar-refractivity contribution in [3.63, 3.8) is 0 Å². The molecule has 0 saturated heterocycles. The first kappa shape index (κ1) is 16.6. The average molecular weight is 257 g/mol. The maximum absolute atomic E-state index is 11.6. The van der Waals surface area contributed by atoms with Crippen molar-refractivity contribution in [1.82, 2.24) is 5.32 Å². The van der Waals surface area contributed by atoms with E-state index in [4.69, 9.17) is 0 Å². The minimum Gasteiger partial charge on any atom is -0.358 e. The second kappa shape index (κ2) is 6.48. The van der Waals surface area contributed by atoms with Gasteiger partial charge in [-0.05, 0) is 13.3 Å². The van der Waals surface area contributed by atoms with Crippen LogP contribution in [0.1, 0.15) is 47.5 Å². The van der Waals surface area contributed by atoms with E-state index in [9.17, 15) is 9.59 Å². The van der Waals surface area contributed by atoms with E-state index >= 15 is 0 Å². The molecule has 1 amide bonds. The second-order valence-electron chi connectivity index (χ2n) is 6.05. The number of rotatable bonds is 7. The molecule has 0 heterocycles. The van der Waals surface area contributed by atoms with Gasteiger partial charge in [0.2, 0.25) is 5.91 Å². The van der Waals surface area contributed by atoms with Gasteiger partial charge < -0.3 is 10.1 Å². The number of thioether (sulfide) groups is 1. The number of hydrogen-bond acceptors (Lipinski definition) is 3. The molecular formula is C12H24BNO2S. The first-order chi connectivity index (χ1) is 7.52. The van der Waals surface area contributed by atoms with Crippen molar-refractivity contribution in [2.24, 2.45) is 0 Å². The van der Waals surface area contributed by atoms with Crippen molar-refractivity contribution in [1.29, 1.82) is 0 Å². The van der Waals surface area contributed by atoms with E-state index in [1.54, 1.807) is 18.7 Å². The molecule has 1 N–H and O–H groups in total. The zero-order valence-electron chi connectivity index (χ0n) is 11.8. The van der Waals surface area contributed by atoms with Crippen LogP contribution in [0.2, 0.25) is 0 Å². The van der Waals surface area contributed by atoms with Crippen LogP contribution in [0.15, 0.2) is 0 Å². The molecule has 0 saturated carbocycles. The molecule has 17 heavy (non-hydrogen) atoms. The molecule has 0 aliphatic heterocycles. The average Bonchev–Trinajstić information content (AvgIpc) is 2.09. The van der Waals surface area contributed by atoms with Crippen LogP contribution in [-0.4, -0.2) is 35.5 Å². The van der Waals surface area contributed by atoms with Crippen LogP contribution in [0.4, 0.5) is 0 Å². The Hall–Kier alpha value is -0.445. The minimum atomic E-state index is -0.179. The summed E-state index contributed by atoms with van der Waals surface area (Å²) in [6.07, 6.45) is 1.40. The maximum Gasteiger partial charge on any atom is 0.229 e. The Kier molecular flexibility index (Phi) is 6.31. The third-order valence-electron chi connectivity index (χ3n) is 2.19. The Morgan fingerprint density at radius 1 is 1.24 bits per heavy atom. The fourth-order valence-electron chi connectivity index (χ4n) is 1.26. The van der Waals surface area contributed by atoms with Crippen LogP contribution in [0, 0.1) is 0 Å². The van der Waals surface area contributed by atoms with E-state index in [2.05, 4.69) is 19.2 Å². The molecule has 0 spiro atoms. The van der Waals surface area contributed by atoms with Gasteiger partial charge in [0.1, 0.15) is 13.6 Å². The molecule has 98 valence electrons. The molecular weight excluding hydrogens is 233 g/mol. The molecule has 0 aliphatic carbocycles. The van der Waals surface area contributed by atoms with Crippen molar-refractivity contribution >= 4 is 31.3 Å². The highest BCUT2D eigenvalue weighted by molar-refractivity contribution is 8.01. The number of nitrogens with one attached hydrogen (secondary N) is 1. The van der Waals surface area contributed by atoms with Crippen molar-refractivity contribution in [2.75, 3.05) is 5.75 Å². The third-order valence-corrected chi connectivity index (χ3v) is 3.58. The molecule has 0 aromatic carbocycles. The summed E-state index contributed by atoms with van der Waals surface area (Å²) in [4.78, 5) is 22.6. The van der Waals surface area contributed by atoms with Crippen molar-refractivity contribution in [3.8, 4) is 0 Å². The summed E-state index contributed by atoms with van der Waals surface area (Å²) >= 11 is 1.61. The van der Waals surface area contributed by atoms with Crippen molar-refractivity contribution in [3.05, 3.63) is 0 Å². The topological polar surface area (TPSA) is 46.2 Å². The van der Waals surface area contributed by atoms with Gasteiger partial charge in [0, 0.05) is 16.6 Å². The van der Waals surface area contributed by atoms with Gasteiger partial charge in [0.25, 0.3) is 0 Å². The van der Waals surface area contributed by atoms with E-state index in [-0.39, 0.29) is 21.9 Å². The summed E-state index contributed by atoms with van der Waals surface area (Å²) in [5.41, 5.74) is -0.179. The molecule has 3 nitrogen and oxygen atoms in total. The summed E-state index contributed by atoms with van der Waals surface area (Å²) in [5, 5.41) is 2.93. The fourth-order valence-corrected chi connectivity index (χ4v) is 2.10. The summed E-state index contributed by atoms with van der Waals surface area (Å²) in [6, 6.07) is 0. The quantitative estimate of drug-likeness (QED) is 0.700. The fraction of sp³-hybridized carbons (Fsp3) is 0.833. The molecule has 0 aromatic rings. The molecule has 0 radical (unpaired) electrons. The van der Waals surface area contributed by atoms with Crippen LogP contribution in [0.5, 0.6) is 0 Å². The second-order valence-corrected chi connectivity index (χ2v) is 7.73. The summed E-state index contributed by atoms with van der Waals surface area (Å²) in [6.45, 7) is 9.69. The van der Waals surface area contributed by atoms with Crippen LogP contribution >= 0.6 is 11.8 Å². The third kappa shape index (κ3) is 10.4. The van der Waals surface area contributed by atoms with Crippen LogP contribution in [-0.2, 0) is 9.59 Å². The van der Waals surface area contributed by atoms with E-state index in [1.807, 2.05) is 21.7 Å². The molecule has 0 aromatic heterocycles. The lowest BCUT2D eigenvalue weighted by Crippen LogP contribution is -2.45. The summed E-state index contributed by atoms with van der Waals surface area (Å²) < 4.78 is -0.0269. The molecule has 0 aliphatic rings. The Balaban J connectivity index is 4.00. The number of Topliss-reactive ketones (excluding diaryl/α,β-unsaturated/α-hetero) is 1. The summed E-state index contributed by atoms with van der Waals surface area (Å²) in [5.74, 6) is 0.707. The molecule has 0 rings (SSSR count). The number of amides is 1. The number of carbonyl (C=O) groups excluding carboxylic acids is 2. The van der Waals surface area contributed by atoms with Gasteiger partial charge in [-0.15, -0.1) is 11.8 Å². The molecule has 0 atom stereocenters. The Morgan fingerprint density at radius 2 is 1.76 bits per heavy atom. The predicted molar refractivity (Wildman–Crippen MR) is 77.2 cm³/mol. The highest BCUT2D eigenvalue weighted by atomic mass is 32.2. The Morgan fingerprint density at radius 3 is 2.18 bits per heavy atom. The van der Waals surface area contributed by atoms with Crippen molar-refractivity contribution < 1.29 is 9.59 Å². The normalized spacial score (nSPS) is 12.3. The first-order valence-electron chi connectivity index (χ1n) is 5.96. The van der Waals surface area contributed by atoms with Gasteiger partial charge in [-0.1, -0.05) is 27.7 Å². The molecule has 0 bridgehead atoms. The zero-order valence-corrected chi connectivity index (χ0v) is 12.7. The van der Waals surface area contributed by atoms with Crippen LogP contribution in [0.25, 0.3) is 0 Å². The van der Waals surface area contributed by atoms with E-state index in [1.165, 1.54) is 0 Å². The highest BCUT2D eigenvalue weighted by Gasteiger charge is 2.21. The van der Waals surface area contributed by atoms with Gasteiger partial charge >= 0.3 is 0 Å². The highest BCUT2D eigenvalue weighted by Crippen LogP contribution is 2.29. The monoisotopic (exact) mass is 257 g/mol. The van der Waals surface area contributed by atoms with E-state index in [0.29, 0.717) is 12.2 Å². The maximum atomic E-state index is 11.6. The number of carbonyl (C=O) groups is 2. The number of hydrogen-bond donors (Lipinski definition) is 1. The van der Waals surface area contributed by atoms with Crippen molar-refractivity contribution in [2.45, 2.75) is 57.6 Å². The minimum absolute atomic E-state index is 0.0269. The Bertz CT molecular complexity index is 285. The van der Waals surface area contributed by atoms with Crippen LogP contribution < -0.4 is 5.32 Å². The molecule has 0 fully saturated rings. The Labute approximate surface area is 110 Å². The lowest BCUT2D eigenvalue weighted by molar-refractivity contribution is -0.119. The van der Waals surface area contributed by atoms with Gasteiger partial charge in [-0.2, -0.15) is 0 Å². The molecule has 0 unspecified atom stereocenters. The zero-order chi connectivity index (χ0) is 13.7. The van der Waals surface area contributed by atoms with Crippen LogP contribution in [0.3, 0.4) is 0 Å². The molecule has 5 heteroatoms. The van der Waals surface area contributed by atoms with E-state index in [0.717, 1.165) is 6.42 Å². The standard InChI is InChI=1S/C12H24BNO2S/c1-9(15)6-7-11(2,3)17-8-10(16)14-12(4,5)13/h6-8,13H2,1-5H3,(H,14,16). The van der Waals surface area contributed by atoms with E-state index < -0.39 is 0 Å². The smallest absolute Gasteiger partial charge is 0.229 e. The SMILES string of the molecule is BC(C)(C)NC(=O)CSC(C)(C)CCC(C)=O. The lowest BCUT2D eigenvalue weighted by atomic mass is 9.82.